The molecule has 0 bridgehead atoms. The van der Waals surface area contributed by atoms with Crippen molar-refractivity contribution >= 4 is 22.6 Å². The van der Waals surface area contributed by atoms with Crippen molar-refractivity contribution in [2.24, 2.45) is 0 Å². The van der Waals surface area contributed by atoms with E-state index in [1.54, 1.807) is 18.2 Å². The van der Waals surface area contributed by atoms with E-state index >= 15 is 0 Å². The van der Waals surface area contributed by atoms with E-state index in [4.69, 9.17) is 0 Å². The Labute approximate surface area is 120 Å². The van der Waals surface area contributed by atoms with Crippen LogP contribution < -0.4 is 21.8 Å². The highest BCUT2D eigenvalue weighted by atomic mass is 16.2. The lowest BCUT2D eigenvalue weighted by molar-refractivity contribution is -0.115. The maximum atomic E-state index is 11.8. The van der Waals surface area contributed by atoms with Crippen LogP contribution >= 0.6 is 0 Å². The summed E-state index contributed by atoms with van der Waals surface area (Å²) in [5.74, 6) is -0.165. The zero-order valence-electron chi connectivity index (χ0n) is 11.9. The predicted octanol–water partition coefficient (Wildman–Crippen LogP) is 0.543. The summed E-state index contributed by atoms with van der Waals surface area (Å²) in [6.07, 6.45) is 0.942. The Morgan fingerprint density at radius 3 is 2.52 bits per heavy atom. The van der Waals surface area contributed by atoms with Gasteiger partial charge in [-0.2, -0.15) is 0 Å². The number of hydrogen-bond donors (Lipinski definition) is 4. The molecule has 0 saturated heterocycles. The van der Waals surface area contributed by atoms with Gasteiger partial charge < -0.3 is 20.6 Å². The second-order valence-electron chi connectivity index (χ2n) is 4.91. The molecule has 2 aromatic rings. The molecule has 21 heavy (non-hydrogen) atoms. The monoisotopic (exact) mass is 290 g/mol. The summed E-state index contributed by atoms with van der Waals surface area (Å²) >= 11 is 0. The zero-order chi connectivity index (χ0) is 15.4. The molecule has 1 heterocycles. The maximum Gasteiger partial charge on any atom is 0.314 e. The van der Waals surface area contributed by atoms with E-state index in [1.165, 1.54) is 0 Å². The van der Waals surface area contributed by atoms with Gasteiger partial charge in [0.05, 0.1) is 17.6 Å². The number of benzene rings is 1. The summed E-state index contributed by atoms with van der Waals surface area (Å²) in [7, 11) is 0. The number of carbonyl (C=O) groups is 1. The molecule has 1 amide bonds. The van der Waals surface area contributed by atoms with Gasteiger partial charge in [-0.25, -0.2) is 0 Å². The number of amides is 1. The Morgan fingerprint density at radius 1 is 1.19 bits per heavy atom. The summed E-state index contributed by atoms with van der Waals surface area (Å²) in [4.78, 5) is 39.2. The fourth-order valence-corrected chi connectivity index (χ4v) is 1.81. The number of aromatic amines is 2. The number of hydrogen-bond acceptors (Lipinski definition) is 4. The second kappa shape index (κ2) is 6.36. The summed E-state index contributed by atoms with van der Waals surface area (Å²) in [5.41, 5.74) is 0.116. The average molecular weight is 290 g/mol. The number of rotatable bonds is 5. The maximum absolute atomic E-state index is 11.8. The van der Waals surface area contributed by atoms with Gasteiger partial charge in [0.2, 0.25) is 5.91 Å². The van der Waals surface area contributed by atoms with E-state index in [2.05, 4.69) is 20.6 Å². The van der Waals surface area contributed by atoms with Crippen LogP contribution in [-0.4, -0.2) is 28.5 Å². The minimum atomic E-state index is -0.718. The van der Waals surface area contributed by atoms with E-state index in [-0.39, 0.29) is 18.5 Å². The fraction of sp³-hybridized carbons (Fsp3) is 0.357. The first-order chi connectivity index (χ1) is 9.99. The summed E-state index contributed by atoms with van der Waals surface area (Å²) in [6, 6.07) is 5.17. The van der Waals surface area contributed by atoms with Crippen LogP contribution in [0.1, 0.15) is 20.3 Å². The van der Waals surface area contributed by atoms with Crippen molar-refractivity contribution in [3.05, 3.63) is 38.9 Å². The van der Waals surface area contributed by atoms with Crippen molar-refractivity contribution in [3.63, 3.8) is 0 Å². The number of nitrogens with one attached hydrogen (secondary N) is 4. The van der Waals surface area contributed by atoms with E-state index in [9.17, 15) is 14.4 Å². The van der Waals surface area contributed by atoms with Gasteiger partial charge in [-0.1, -0.05) is 6.92 Å². The molecule has 0 spiro atoms. The van der Waals surface area contributed by atoms with Crippen LogP contribution in [0.4, 0.5) is 5.69 Å². The third-order valence-electron chi connectivity index (χ3n) is 3.23. The van der Waals surface area contributed by atoms with Crippen molar-refractivity contribution in [1.29, 1.82) is 0 Å². The summed E-state index contributed by atoms with van der Waals surface area (Å²) in [6.45, 7) is 4.26. The molecule has 0 fully saturated rings. The fourth-order valence-electron chi connectivity index (χ4n) is 1.81. The summed E-state index contributed by atoms with van der Waals surface area (Å²) in [5, 5.41) is 5.82. The molecule has 7 nitrogen and oxygen atoms in total. The molecule has 1 aromatic heterocycles. The molecule has 0 radical (unpaired) electrons. The van der Waals surface area contributed by atoms with Crippen LogP contribution in [0, 0.1) is 0 Å². The first kappa shape index (κ1) is 15.0. The summed E-state index contributed by atoms with van der Waals surface area (Å²) < 4.78 is 0. The number of fused-ring (bicyclic) bond motifs is 1. The highest BCUT2D eigenvalue weighted by molar-refractivity contribution is 5.94. The Kier molecular flexibility index (Phi) is 4.54. The van der Waals surface area contributed by atoms with Crippen molar-refractivity contribution in [3.8, 4) is 0 Å². The van der Waals surface area contributed by atoms with Crippen LogP contribution in [0.3, 0.4) is 0 Å². The third kappa shape index (κ3) is 3.79. The minimum Gasteiger partial charge on any atom is -0.325 e. The molecule has 2 rings (SSSR count). The number of H-pyrrole nitrogens is 2. The van der Waals surface area contributed by atoms with Gasteiger partial charge >= 0.3 is 11.1 Å². The van der Waals surface area contributed by atoms with Gasteiger partial charge in [-0.15, -0.1) is 0 Å². The Hall–Kier alpha value is -2.41. The second-order valence-corrected chi connectivity index (χ2v) is 4.91. The smallest absolute Gasteiger partial charge is 0.314 e. The molecule has 0 aliphatic rings. The van der Waals surface area contributed by atoms with Gasteiger partial charge in [0.1, 0.15) is 0 Å². The zero-order valence-corrected chi connectivity index (χ0v) is 11.9. The Morgan fingerprint density at radius 2 is 1.86 bits per heavy atom. The Bertz CT molecular complexity index is 763. The van der Waals surface area contributed by atoms with Crippen molar-refractivity contribution < 1.29 is 4.79 Å². The lowest BCUT2D eigenvalue weighted by Gasteiger charge is -2.11. The first-order valence-corrected chi connectivity index (χ1v) is 6.79. The standard InChI is InChI=1S/C14H18N4O3/c1-3-8(2)15-7-12(19)16-9-4-5-10-11(6-9)18-14(21)13(20)17-10/h4-6,8,15H,3,7H2,1-2H3,(H,16,19)(H,17,20)(H,18,21). The molecular weight excluding hydrogens is 272 g/mol. The van der Waals surface area contributed by atoms with Crippen LogP contribution in [0.25, 0.3) is 11.0 Å². The highest BCUT2D eigenvalue weighted by Crippen LogP contribution is 2.13. The molecular formula is C14H18N4O3. The minimum absolute atomic E-state index is 0.165. The van der Waals surface area contributed by atoms with Crippen LogP contribution in [0.15, 0.2) is 27.8 Å². The van der Waals surface area contributed by atoms with E-state index in [0.717, 1.165) is 6.42 Å². The lowest BCUT2D eigenvalue weighted by atomic mass is 10.2. The van der Waals surface area contributed by atoms with Crippen molar-refractivity contribution in [2.75, 3.05) is 11.9 Å². The van der Waals surface area contributed by atoms with E-state index < -0.39 is 11.1 Å². The van der Waals surface area contributed by atoms with Gasteiger partial charge in [0.15, 0.2) is 0 Å². The molecule has 1 unspecified atom stereocenters. The average Bonchev–Trinajstić information content (AvgIpc) is 2.46. The van der Waals surface area contributed by atoms with Crippen LogP contribution in [0.5, 0.6) is 0 Å². The molecule has 1 atom stereocenters. The largest absolute Gasteiger partial charge is 0.325 e. The Balaban J connectivity index is 2.12. The topological polar surface area (TPSA) is 107 Å². The SMILES string of the molecule is CCC(C)NCC(=O)Nc1ccc2[nH]c(=O)c(=O)[nH]c2c1. The quantitative estimate of drug-likeness (QED) is 0.603. The molecule has 0 aliphatic carbocycles. The molecule has 0 saturated carbocycles. The van der Waals surface area contributed by atoms with Crippen LogP contribution in [0.2, 0.25) is 0 Å². The number of aromatic nitrogens is 2. The van der Waals surface area contributed by atoms with Gasteiger partial charge in [-0.05, 0) is 31.5 Å². The normalized spacial score (nSPS) is 12.3. The van der Waals surface area contributed by atoms with Crippen LogP contribution in [-0.2, 0) is 4.79 Å². The lowest BCUT2D eigenvalue weighted by Crippen LogP contribution is -2.34. The van der Waals surface area contributed by atoms with Crippen molar-refractivity contribution in [2.45, 2.75) is 26.3 Å². The van der Waals surface area contributed by atoms with E-state index in [0.29, 0.717) is 16.7 Å². The van der Waals surface area contributed by atoms with Gasteiger partial charge in [0, 0.05) is 11.7 Å². The third-order valence-corrected chi connectivity index (χ3v) is 3.23. The molecule has 4 N–H and O–H groups in total. The molecule has 112 valence electrons. The predicted molar refractivity (Wildman–Crippen MR) is 81.6 cm³/mol. The van der Waals surface area contributed by atoms with E-state index in [1.807, 2.05) is 13.8 Å². The number of anilines is 1. The molecule has 0 aliphatic heterocycles. The van der Waals surface area contributed by atoms with Gasteiger partial charge in [0.25, 0.3) is 0 Å². The highest BCUT2D eigenvalue weighted by Gasteiger charge is 2.06. The number of carbonyl (C=O) groups excluding carboxylic acids is 1. The van der Waals surface area contributed by atoms with Gasteiger partial charge in [-0.3, -0.25) is 14.4 Å². The molecule has 1 aromatic carbocycles. The van der Waals surface area contributed by atoms with Crippen molar-refractivity contribution in [1.82, 2.24) is 15.3 Å². The first-order valence-electron chi connectivity index (χ1n) is 6.79. The molecule has 7 heteroatoms.